The molecule has 0 aliphatic carbocycles. The van der Waals surface area contributed by atoms with Crippen LogP contribution in [-0.4, -0.2) is 15.9 Å². The summed E-state index contributed by atoms with van der Waals surface area (Å²) in [7, 11) is 0. The highest BCUT2D eigenvalue weighted by Gasteiger charge is 2.68. The summed E-state index contributed by atoms with van der Waals surface area (Å²) in [6.45, 7) is 0. The van der Waals surface area contributed by atoms with E-state index in [2.05, 4.69) is 141 Å². The standard InChI is InChI=1S/C35H22N6/c1-5-15-27-23(11-1)25-13-3-7-17-29(25)40-33-34(37-22-21-36-33)41-30-18-8-4-14-26(30)24-12-2-6-16-28(24)39-32-20-10-9-19-31(32)38(27)35(39,40)41/h1-22H. The van der Waals surface area contributed by atoms with Crippen LogP contribution in [0.25, 0.3) is 22.3 Å². The number of anilines is 8. The fraction of sp³-hybridized carbons (Fsp3) is 0.0286. The quantitative estimate of drug-likeness (QED) is 0.198. The molecule has 10 rings (SSSR count). The van der Waals surface area contributed by atoms with Crippen LogP contribution in [-0.2, 0) is 0 Å². The summed E-state index contributed by atoms with van der Waals surface area (Å²) < 4.78 is 0. The molecule has 4 aliphatic rings. The molecule has 0 unspecified atom stereocenters. The van der Waals surface area contributed by atoms with Gasteiger partial charge in [0.1, 0.15) is 0 Å². The van der Waals surface area contributed by atoms with Crippen LogP contribution < -0.4 is 19.6 Å². The smallest absolute Gasteiger partial charge is 0.279 e. The van der Waals surface area contributed by atoms with Crippen LogP contribution in [0.3, 0.4) is 0 Å². The van der Waals surface area contributed by atoms with Crippen molar-refractivity contribution in [1.29, 1.82) is 0 Å². The molecule has 0 saturated heterocycles. The van der Waals surface area contributed by atoms with Crippen LogP contribution in [0.2, 0.25) is 0 Å². The van der Waals surface area contributed by atoms with Gasteiger partial charge in [-0.25, -0.2) is 9.97 Å². The Balaban J connectivity index is 1.49. The molecule has 0 radical (unpaired) electrons. The van der Waals surface area contributed by atoms with Gasteiger partial charge in [0.2, 0.25) is 0 Å². The minimum absolute atomic E-state index is 0.824. The normalized spacial score (nSPS) is 15.8. The lowest BCUT2D eigenvalue weighted by atomic mass is 10.0. The van der Waals surface area contributed by atoms with Crippen LogP contribution in [0.15, 0.2) is 134 Å². The Morgan fingerprint density at radius 3 is 1.00 bits per heavy atom. The van der Waals surface area contributed by atoms with Crippen molar-refractivity contribution >= 4 is 45.8 Å². The average Bonchev–Trinajstić information content (AvgIpc) is 3.41. The van der Waals surface area contributed by atoms with Crippen molar-refractivity contribution < 1.29 is 0 Å². The molecule has 0 N–H and O–H groups in total. The molecular formula is C35H22N6. The van der Waals surface area contributed by atoms with E-state index in [-0.39, 0.29) is 0 Å². The summed E-state index contributed by atoms with van der Waals surface area (Å²) in [5.74, 6) is 0.730. The van der Waals surface area contributed by atoms with Gasteiger partial charge in [0, 0.05) is 34.6 Å². The van der Waals surface area contributed by atoms with E-state index < -0.39 is 5.91 Å². The van der Waals surface area contributed by atoms with Gasteiger partial charge in [0.25, 0.3) is 5.91 Å². The molecule has 5 aromatic carbocycles. The lowest BCUT2D eigenvalue weighted by Crippen LogP contribution is -2.69. The maximum absolute atomic E-state index is 5.05. The molecule has 0 atom stereocenters. The summed E-state index contributed by atoms with van der Waals surface area (Å²) in [5.41, 5.74) is 11.4. The molecule has 6 aromatic rings. The molecule has 1 spiro atoms. The Morgan fingerprint density at radius 2 is 0.634 bits per heavy atom. The van der Waals surface area contributed by atoms with Gasteiger partial charge in [-0.3, -0.25) is 19.6 Å². The molecular weight excluding hydrogens is 504 g/mol. The zero-order chi connectivity index (χ0) is 26.7. The number of nitrogens with zero attached hydrogens (tertiary/aromatic N) is 6. The molecule has 6 heteroatoms. The number of rotatable bonds is 0. The van der Waals surface area contributed by atoms with Gasteiger partial charge >= 0.3 is 0 Å². The van der Waals surface area contributed by atoms with Crippen molar-refractivity contribution in [3.05, 3.63) is 134 Å². The maximum Gasteiger partial charge on any atom is 0.298 e. The van der Waals surface area contributed by atoms with Gasteiger partial charge in [-0.05, 0) is 36.4 Å². The molecule has 0 saturated carbocycles. The van der Waals surface area contributed by atoms with E-state index in [0.717, 1.165) is 56.9 Å². The second kappa shape index (κ2) is 7.31. The predicted molar refractivity (Wildman–Crippen MR) is 164 cm³/mol. The minimum atomic E-state index is -0.918. The van der Waals surface area contributed by atoms with Gasteiger partial charge in [0.05, 0.1) is 34.1 Å². The first-order valence-electron chi connectivity index (χ1n) is 13.9. The van der Waals surface area contributed by atoms with E-state index >= 15 is 0 Å². The van der Waals surface area contributed by atoms with Gasteiger partial charge in [-0.15, -0.1) is 0 Å². The molecule has 0 bridgehead atoms. The van der Waals surface area contributed by atoms with E-state index in [1.165, 1.54) is 11.1 Å². The molecule has 41 heavy (non-hydrogen) atoms. The predicted octanol–water partition coefficient (Wildman–Crippen LogP) is 8.33. The van der Waals surface area contributed by atoms with Gasteiger partial charge in [0.15, 0.2) is 11.6 Å². The first kappa shape index (κ1) is 21.2. The summed E-state index contributed by atoms with van der Waals surface area (Å²) in [6, 6.07) is 43.6. The number of para-hydroxylation sites is 6. The van der Waals surface area contributed by atoms with Crippen molar-refractivity contribution in [3.8, 4) is 22.3 Å². The zero-order valence-corrected chi connectivity index (χ0v) is 21.9. The maximum atomic E-state index is 5.05. The second-order valence-electron chi connectivity index (χ2n) is 10.7. The van der Waals surface area contributed by atoms with Crippen molar-refractivity contribution in [2.24, 2.45) is 0 Å². The summed E-state index contributed by atoms with van der Waals surface area (Å²) in [5, 5.41) is 0. The van der Waals surface area contributed by atoms with Crippen LogP contribution in [0.1, 0.15) is 0 Å². The molecule has 192 valence electrons. The fourth-order valence-electron chi connectivity index (χ4n) is 7.41. The molecule has 6 nitrogen and oxygen atoms in total. The van der Waals surface area contributed by atoms with E-state index in [1.807, 2.05) is 0 Å². The largest absolute Gasteiger partial charge is 0.298 e. The highest BCUT2D eigenvalue weighted by Crippen LogP contribution is 2.68. The monoisotopic (exact) mass is 526 g/mol. The Morgan fingerprint density at radius 1 is 0.341 bits per heavy atom. The summed E-state index contributed by atoms with van der Waals surface area (Å²) >= 11 is 0. The van der Waals surface area contributed by atoms with E-state index in [0.29, 0.717) is 0 Å². The lowest BCUT2D eigenvalue weighted by molar-refractivity contribution is 0.482. The van der Waals surface area contributed by atoms with Crippen molar-refractivity contribution in [2.45, 2.75) is 5.91 Å². The third-order valence-electron chi connectivity index (χ3n) is 8.81. The van der Waals surface area contributed by atoms with Crippen molar-refractivity contribution in [1.82, 2.24) is 9.97 Å². The number of hydrogen-bond acceptors (Lipinski definition) is 6. The summed E-state index contributed by atoms with van der Waals surface area (Å²) in [4.78, 5) is 19.9. The molecule has 0 amide bonds. The topological polar surface area (TPSA) is 38.7 Å². The Labute approximate surface area is 237 Å². The van der Waals surface area contributed by atoms with Crippen molar-refractivity contribution in [3.63, 3.8) is 0 Å². The van der Waals surface area contributed by atoms with E-state index in [1.54, 1.807) is 12.4 Å². The third kappa shape index (κ3) is 2.33. The van der Waals surface area contributed by atoms with Crippen LogP contribution in [0, 0.1) is 0 Å². The summed E-state index contributed by atoms with van der Waals surface area (Å²) in [6.07, 6.45) is 3.61. The average molecular weight is 527 g/mol. The first-order valence-corrected chi connectivity index (χ1v) is 13.9. The highest BCUT2D eigenvalue weighted by molar-refractivity contribution is 6.10. The Bertz CT molecular complexity index is 1770. The van der Waals surface area contributed by atoms with Gasteiger partial charge in [-0.1, -0.05) is 84.9 Å². The van der Waals surface area contributed by atoms with E-state index in [9.17, 15) is 0 Å². The zero-order valence-electron chi connectivity index (χ0n) is 21.9. The minimum Gasteiger partial charge on any atom is -0.279 e. The van der Waals surface area contributed by atoms with Gasteiger partial charge in [-0.2, -0.15) is 0 Å². The van der Waals surface area contributed by atoms with Gasteiger partial charge < -0.3 is 0 Å². The number of benzene rings is 5. The number of hydrogen-bond donors (Lipinski definition) is 0. The fourth-order valence-corrected chi connectivity index (χ4v) is 7.41. The Kier molecular flexibility index (Phi) is 3.79. The molecule has 4 aliphatic heterocycles. The molecule has 1 aromatic heterocycles. The second-order valence-corrected chi connectivity index (χ2v) is 10.7. The number of aromatic nitrogens is 2. The SMILES string of the molecule is c1ccc2c(c1)-c1ccccc1N1c3nccnc3N3c4ccccc4-c4ccccc4N4c5ccccc5N2C413. The van der Waals surface area contributed by atoms with Crippen LogP contribution >= 0.6 is 0 Å². The number of fused-ring (bicyclic) bond motifs is 16. The highest BCUT2D eigenvalue weighted by atomic mass is 15.8. The molecule has 5 heterocycles. The van der Waals surface area contributed by atoms with E-state index in [4.69, 9.17) is 9.97 Å². The third-order valence-corrected chi connectivity index (χ3v) is 8.81. The van der Waals surface area contributed by atoms with Crippen molar-refractivity contribution in [2.75, 3.05) is 19.6 Å². The lowest BCUT2D eigenvalue weighted by Gasteiger charge is -2.50. The first-order chi connectivity index (χ1) is 20.4. The molecule has 0 fully saturated rings. The van der Waals surface area contributed by atoms with Crippen LogP contribution in [0.5, 0.6) is 0 Å². The van der Waals surface area contributed by atoms with Crippen LogP contribution in [0.4, 0.5) is 45.8 Å². The Hall–Kier alpha value is -5.62.